The van der Waals surface area contributed by atoms with Gasteiger partial charge in [-0.15, -0.1) is 6.42 Å². The lowest BCUT2D eigenvalue weighted by molar-refractivity contribution is 0.162. The third-order valence-corrected chi connectivity index (χ3v) is 5.73. The maximum absolute atomic E-state index is 9.72. The van der Waals surface area contributed by atoms with Gasteiger partial charge in [0.1, 0.15) is 6.10 Å². The molecule has 0 saturated heterocycles. The van der Waals surface area contributed by atoms with Crippen molar-refractivity contribution in [3.8, 4) is 12.3 Å². The third-order valence-electron chi connectivity index (χ3n) is 4.80. The zero-order chi connectivity index (χ0) is 13.6. The Hall–Kier alpha value is -0.730. The number of hydrogen-bond donors (Lipinski definition) is 2. The quantitative estimate of drug-likeness (QED) is 0.490. The van der Waals surface area contributed by atoms with Crippen LogP contribution in [0.4, 0.5) is 5.69 Å². The fraction of sp³-hybridized carbons (Fsp3) is 0.500. The van der Waals surface area contributed by atoms with Crippen LogP contribution in [-0.4, -0.2) is 11.2 Å². The lowest BCUT2D eigenvalue weighted by Crippen LogP contribution is -2.27. The topological polar surface area (TPSA) is 46.2 Å². The molecule has 0 heterocycles. The Kier molecular flexibility index (Phi) is 3.48. The van der Waals surface area contributed by atoms with Gasteiger partial charge in [0.2, 0.25) is 0 Å². The minimum Gasteiger partial charge on any atom is -0.398 e. The van der Waals surface area contributed by atoms with Crippen LogP contribution in [0.5, 0.6) is 0 Å². The number of nitrogen functional groups attached to an aromatic ring is 1. The Bertz CT molecular complexity index is 536. The van der Waals surface area contributed by atoms with Gasteiger partial charge in [0.05, 0.1) is 0 Å². The number of anilines is 1. The van der Waals surface area contributed by atoms with Crippen molar-refractivity contribution in [1.29, 1.82) is 0 Å². The van der Waals surface area contributed by atoms with Crippen molar-refractivity contribution in [2.24, 2.45) is 17.8 Å². The first-order valence-electron chi connectivity index (χ1n) is 6.81. The summed E-state index contributed by atoms with van der Waals surface area (Å²) in [5, 5.41) is 9.72. The molecule has 2 fully saturated rings. The molecule has 3 N–H and O–H groups in total. The maximum atomic E-state index is 9.72. The van der Waals surface area contributed by atoms with E-state index < -0.39 is 6.10 Å². The lowest BCUT2D eigenvalue weighted by atomic mass is 9.67. The van der Waals surface area contributed by atoms with E-state index in [0.29, 0.717) is 23.7 Å². The van der Waals surface area contributed by atoms with Crippen LogP contribution in [0.15, 0.2) is 18.2 Å². The normalized spacial score (nSPS) is 34.2. The largest absolute Gasteiger partial charge is 0.398 e. The van der Waals surface area contributed by atoms with Gasteiger partial charge in [-0.1, -0.05) is 12.0 Å². The van der Waals surface area contributed by atoms with E-state index in [2.05, 4.69) is 40.6 Å². The number of halogens is 1. The average Bonchev–Trinajstić information content (AvgIpc) is 3.11. The zero-order valence-electron chi connectivity index (χ0n) is 10.7. The van der Waals surface area contributed by atoms with Crippen molar-refractivity contribution in [3.63, 3.8) is 0 Å². The van der Waals surface area contributed by atoms with Crippen molar-refractivity contribution >= 4 is 28.3 Å². The number of rotatable bonds is 3. The molecule has 100 valence electrons. The second kappa shape index (κ2) is 4.99. The maximum Gasteiger partial charge on any atom is 0.117 e. The Morgan fingerprint density at radius 2 is 2.16 bits per heavy atom. The molecule has 3 rings (SSSR count). The lowest BCUT2D eigenvalue weighted by Gasteiger charge is -2.38. The molecule has 2 nitrogen and oxygen atoms in total. The Balaban J connectivity index is 1.70. The zero-order valence-corrected chi connectivity index (χ0v) is 12.9. The van der Waals surface area contributed by atoms with Gasteiger partial charge in [0.15, 0.2) is 0 Å². The highest BCUT2D eigenvalue weighted by Crippen LogP contribution is 2.58. The second-order valence-electron chi connectivity index (χ2n) is 5.80. The molecular weight excluding hydrogens is 349 g/mol. The Morgan fingerprint density at radius 3 is 2.74 bits per heavy atom. The molecule has 2 aliphatic rings. The molecule has 0 bridgehead atoms. The van der Waals surface area contributed by atoms with Crippen molar-refractivity contribution < 1.29 is 5.11 Å². The summed E-state index contributed by atoms with van der Waals surface area (Å²) in [7, 11) is 0. The van der Waals surface area contributed by atoms with E-state index in [9.17, 15) is 5.11 Å². The Morgan fingerprint density at radius 1 is 1.37 bits per heavy atom. The van der Waals surface area contributed by atoms with Crippen molar-refractivity contribution in [2.45, 2.75) is 31.3 Å². The number of aliphatic hydroxyl groups excluding tert-OH is 1. The van der Waals surface area contributed by atoms with Gasteiger partial charge >= 0.3 is 0 Å². The van der Waals surface area contributed by atoms with Crippen LogP contribution in [0.1, 0.15) is 30.7 Å². The highest BCUT2D eigenvalue weighted by atomic mass is 127. The van der Waals surface area contributed by atoms with Crippen molar-refractivity contribution in [3.05, 3.63) is 27.3 Å². The van der Waals surface area contributed by atoms with Gasteiger partial charge in [-0.2, -0.15) is 0 Å². The minimum absolute atomic E-state index is 0.339. The molecule has 0 aromatic heterocycles. The summed E-state index contributed by atoms with van der Waals surface area (Å²) in [5.41, 5.74) is 8.12. The Labute approximate surface area is 127 Å². The van der Waals surface area contributed by atoms with E-state index in [1.54, 1.807) is 0 Å². The molecule has 0 radical (unpaired) electrons. The van der Waals surface area contributed by atoms with Crippen LogP contribution < -0.4 is 5.73 Å². The van der Waals surface area contributed by atoms with Crippen LogP contribution in [0.25, 0.3) is 0 Å². The summed E-state index contributed by atoms with van der Waals surface area (Å²) >= 11 is 2.29. The highest BCUT2D eigenvalue weighted by molar-refractivity contribution is 14.1. The summed E-state index contributed by atoms with van der Waals surface area (Å²) in [6.45, 7) is 0. The molecule has 5 atom stereocenters. The standard InChI is InChI=1S/C16H18INO/c1-2-16(19)13-8-12(13)11-5-4-10(11)9-3-6-15(18)14(17)7-9/h1,3,6-7,10-13,16,19H,4-5,8,18H2/t10?,11?,12?,13?,16-/m1/s1. The molecule has 2 saturated carbocycles. The first-order chi connectivity index (χ1) is 9.11. The third kappa shape index (κ3) is 2.36. The first-order valence-corrected chi connectivity index (χ1v) is 7.88. The summed E-state index contributed by atoms with van der Waals surface area (Å²) in [6.07, 6.45) is 8.37. The monoisotopic (exact) mass is 367 g/mol. The molecule has 19 heavy (non-hydrogen) atoms. The molecule has 1 aromatic carbocycles. The fourth-order valence-corrected chi connectivity index (χ4v) is 3.98. The molecule has 3 heteroatoms. The minimum atomic E-state index is -0.544. The summed E-state index contributed by atoms with van der Waals surface area (Å²) in [6, 6.07) is 6.37. The first kappa shape index (κ1) is 13.3. The number of aliphatic hydroxyl groups is 1. The molecule has 1 aromatic rings. The molecule has 4 unspecified atom stereocenters. The predicted octanol–water partition coefficient (Wildman–Crippen LogP) is 3.00. The van der Waals surface area contributed by atoms with Crippen molar-refractivity contribution in [2.75, 3.05) is 5.73 Å². The summed E-state index contributed by atoms with van der Waals surface area (Å²) in [4.78, 5) is 0. The molecule has 0 spiro atoms. The summed E-state index contributed by atoms with van der Waals surface area (Å²) < 4.78 is 1.14. The van der Waals surface area contributed by atoms with E-state index in [1.165, 1.54) is 18.4 Å². The highest BCUT2D eigenvalue weighted by Gasteiger charge is 2.51. The molecular formula is C16H18INO. The number of benzene rings is 1. The van der Waals surface area contributed by atoms with Gasteiger partial charge in [-0.05, 0) is 83.2 Å². The molecule has 0 aliphatic heterocycles. The number of hydrogen-bond acceptors (Lipinski definition) is 2. The van der Waals surface area contributed by atoms with Crippen LogP contribution in [-0.2, 0) is 0 Å². The van der Waals surface area contributed by atoms with E-state index >= 15 is 0 Å². The predicted molar refractivity (Wildman–Crippen MR) is 85.5 cm³/mol. The summed E-state index contributed by atoms with van der Waals surface area (Å²) in [5.74, 6) is 4.77. The van der Waals surface area contributed by atoms with Crippen LogP contribution in [0.3, 0.4) is 0 Å². The van der Waals surface area contributed by atoms with Crippen LogP contribution in [0.2, 0.25) is 0 Å². The van der Waals surface area contributed by atoms with Gasteiger partial charge in [0, 0.05) is 9.26 Å². The van der Waals surface area contributed by atoms with Gasteiger partial charge in [-0.25, -0.2) is 0 Å². The molecule has 2 aliphatic carbocycles. The van der Waals surface area contributed by atoms with Gasteiger partial charge < -0.3 is 10.8 Å². The van der Waals surface area contributed by atoms with E-state index in [1.807, 2.05) is 6.07 Å². The van der Waals surface area contributed by atoms with E-state index in [-0.39, 0.29) is 0 Å². The fourth-order valence-electron chi connectivity index (χ4n) is 3.44. The van der Waals surface area contributed by atoms with Crippen LogP contribution in [0, 0.1) is 33.7 Å². The van der Waals surface area contributed by atoms with Gasteiger partial charge in [-0.3, -0.25) is 0 Å². The van der Waals surface area contributed by atoms with Crippen LogP contribution >= 0.6 is 22.6 Å². The number of nitrogens with two attached hydrogens (primary N) is 1. The smallest absolute Gasteiger partial charge is 0.117 e. The number of terminal acetylenes is 1. The van der Waals surface area contributed by atoms with Gasteiger partial charge in [0.25, 0.3) is 0 Å². The second-order valence-corrected chi connectivity index (χ2v) is 6.97. The SMILES string of the molecule is C#C[C@@H](O)C1CC1C1CCC1c1ccc(N)c(I)c1. The van der Waals surface area contributed by atoms with Crippen molar-refractivity contribution in [1.82, 2.24) is 0 Å². The van der Waals surface area contributed by atoms with E-state index in [4.69, 9.17) is 12.2 Å². The average molecular weight is 367 g/mol. The molecule has 0 amide bonds. The van der Waals surface area contributed by atoms with E-state index in [0.717, 1.165) is 15.7 Å².